The topological polar surface area (TPSA) is 35.2 Å². The van der Waals surface area contributed by atoms with Crippen LogP contribution in [0.2, 0.25) is 0 Å². The lowest BCUT2D eigenvalue weighted by atomic mass is 9.86. The molecule has 1 aromatic heterocycles. The van der Waals surface area contributed by atoms with Gasteiger partial charge < -0.3 is 9.88 Å². The molecule has 1 N–H and O–H groups in total. The Hall–Kier alpha value is -3.51. The molecule has 2 heterocycles. The van der Waals surface area contributed by atoms with Gasteiger partial charge in [0.2, 0.25) is 0 Å². The van der Waals surface area contributed by atoms with E-state index in [2.05, 4.69) is 40.9 Å². The fourth-order valence-electron chi connectivity index (χ4n) is 5.42. The van der Waals surface area contributed by atoms with Crippen LogP contribution in [0, 0.1) is 18.6 Å². The maximum absolute atomic E-state index is 13.6. The summed E-state index contributed by atoms with van der Waals surface area (Å²) in [6, 6.07) is 24.1. The van der Waals surface area contributed by atoms with Gasteiger partial charge in [0.05, 0.1) is 5.69 Å². The van der Waals surface area contributed by atoms with Crippen LogP contribution < -0.4 is 4.90 Å². The smallest absolute Gasteiger partial charge is 0.150 e. The number of aryl methyl sites for hydroxylation is 1. The van der Waals surface area contributed by atoms with Crippen molar-refractivity contribution in [1.29, 1.82) is 0 Å². The summed E-state index contributed by atoms with van der Waals surface area (Å²) >= 11 is 0. The van der Waals surface area contributed by atoms with E-state index in [4.69, 9.17) is 4.98 Å². The number of hydrogen-bond acceptors (Lipinski definition) is 3. The highest BCUT2D eigenvalue weighted by Crippen LogP contribution is 2.32. The molecule has 1 atom stereocenters. The summed E-state index contributed by atoms with van der Waals surface area (Å²) in [6.45, 7) is 4.95. The van der Waals surface area contributed by atoms with E-state index < -0.39 is 0 Å². The Morgan fingerprint density at radius 2 is 1.51 bits per heavy atom. The number of H-pyrrole nitrogens is 1. The van der Waals surface area contributed by atoms with Gasteiger partial charge in [-0.1, -0.05) is 61.0 Å². The van der Waals surface area contributed by atoms with Crippen LogP contribution in [0.1, 0.15) is 42.0 Å². The first-order valence-electron chi connectivity index (χ1n) is 13.1. The van der Waals surface area contributed by atoms with Crippen molar-refractivity contribution in [2.24, 2.45) is 0 Å². The normalized spacial score (nSPS) is 16.5. The summed E-state index contributed by atoms with van der Waals surface area (Å²) in [5.41, 5.74) is 4.31. The Balaban J connectivity index is 1.27. The summed E-state index contributed by atoms with van der Waals surface area (Å²) in [7, 11) is 2.20. The van der Waals surface area contributed by atoms with Gasteiger partial charge in [0.25, 0.3) is 0 Å². The van der Waals surface area contributed by atoms with Crippen molar-refractivity contribution in [1.82, 2.24) is 14.9 Å². The molecular formula is C31H34F2N4. The van der Waals surface area contributed by atoms with E-state index in [0.29, 0.717) is 6.04 Å². The van der Waals surface area contributed by atoms with E-state index in [1.165, 1.54) is 24.3 Å². The highest BCUT2D eigenvalue weighted by atomic mass is 19.1. The van der Waals surface area contributed by atoms with Gasteiger partial charge in [-0.15, -0.1) is 0 Å². The largest absolute Gasteiger partial charge is 0.352 e. The quantitative estimate of drug-likeness (QED) is 0.289. The number of halogens is 2. The van der Waals surface area contributed by atoms with Gasteiger partial charge in [0.15, 0.2) is 0 Å². The number of imidazole rings is 1. The van der Waals surface area contributed by atoms with E-state index in [-0.39, 0.29) is 17.6 Å². The number of likely N-dealkylation sites (N-methyl/N-ethyl adjacent to an activating group) is 1. The van der Waals surface area contributed by atoms with Crippen molar-refractivity contribution in [3.8, 4) is 11.4 Å². The predicted octanol–water partition coefficient (Wildman–Crippen LogP) is 6.79. The molecule has 1 fully saturated rings. The Morgan fingerprint density at radius 3 is 2.14 bits per heavy atom. The second-order valence-corrected chi connectivity index (χ2v) is 10.1. The maximum atomic E-state index is 13.6. The zero-order valence-corrected chi connectivity index (χ0v) is 21.5. The third kappa shape index (κ3) is 5.91. The molecular weight excluding hydrogens is 466 g/mol. The number of aromatic amines is 1. The lowest BCUT2D eigenvalue weighted by molar-refractivity contribution is 0.203. The molecule has 0 saturated carbocycles. The second kappa shape index (κ2) is 11.3. The minimum Gasteiger partial charge on any atom is -0.352 e. The minimum atomic E-state index is -0.241. The molecule has 6 heteroatoms. The third-order valence-corrected chi connectivity index (χ3v) is 7.56. The zero-order chi connectivity index (χ0) is 25.8. The van der Waals surface area contributed by atoms with Gasteiger partial charge in [0.1, 0.15) is 23.3 Å². The number of rotatable bonds is 8. The van der Waals surface area contributed by atoms with E-state index >= 15 is 0 Å². The summed E-state index contributed by atoms with van der Waals surface area (Å²) in [5, 5.41) is 0. The van der Waals surface area contributed by atoms with E-state index in [0.717, 1.165) is 72.9 Å². The molecule has 1 aliphatic heterocycles. The van der Waals surface area contributed by atoms with Gasteiger partial charge in [-0.25, -0.2) is 13.8 Å². The van der Waals surface area contributed by atoms with Crippen molar-refractivity contribution in [2.75, 3.05) is 31.6 Å². The average molecular weight is 501 g/mol. The molecule has 0 spiro atoms. The average Bonchev–Trinajstić information content (AvgIpc) is 3.31. The van der Waals surface area contributed by atoms with Gasteiger partial charge in [-0.3, -0.25) is 4.90 Å². The fourth-order valence-corrected chi connectivity index (χ4v) is 5.42. The zero-order valence-electron chi connectivity index (χ0n) is 21.5. The molecule has 1 saturated heterocycles. The molecule has 4 nitrogen and oxygen atoms in total. The van der Waals surface area contributed by atoms with Crippen LogP contribution in [-0.2, 0) is 0 Å². The lowest BCUT2D eigenvalue weighted by Crippen LogP contribution is -2.51. The Kier molecular flexibility index (Phi) is 7.65. The number of aromatic nitrogens is 2. The van der Waals surface area contributed by atoms with Crippen molar-refractivity contribution >= 4 is 5.82 Å². The summed E-state index contributed by atoms with van der Waals surface area (Å²) < 4.78 is 27.2. The Bertz CT molecular complexity index is 1240. The molecule has 0 amide bonds. The summed E-state index contributed by atoms with van der Waals surface area (Å²) in [4.78, 5) is 13.3. The first kappa shape index (κ1) is 25.2. The van der Waals surface area contributed by atoms with Crippen LogP contribution in [0.5, 0.6) is 0 Å². The SMILES string of the molecule is Cc1[nH]c(-c2ccccc2)nc1N1CCN(C)C(CCCC(c2ccc(F)cc2)c2ccc(F)cc2)C1. The van der Waals surface area contributed by atoms with Crippen LogP contribution in [0.4, 0.5) is 14.6 Å². The molecule has 1 aliphatic rings. The Labute approximate surface area is 218 Å². The van der Waals surface area contributed by atoms with Gasteiger partial charge >= 0.3 is 0 Å². The standard InChI is InChI=1S/C31H34F2N4/c1-22-31(35-30(34-22)25-7-4-3-5-8-25)37-20-19-36(2)28(21-37)9-6-10-29(23-11-15-26(32)16-12-23)24-13-17-27(33)18-14-24/h3-5,7-8,11-18,28-29H,6,9-10,19-21H2,1-2H3,(H,34,35). The van der Waals surface area contributed by atoms with Gasteiger partial charge in [0, 0.05) is 37.2 Å². The van der Waals surface area contributed by atoms with Crippen LogP contribution >= 0.6 is 0 Å². The second-order valence-electron chi connectivity index (χ2n) is 10.1. The molecule has 0 aliphatic carbocycles. The number of piperazine rings is 1. The molecule has 192 valence electrons. The van der Waals surface area contributed by atoms with Crippen molar-refractivity contribution in [3.05, 3.63) is 107 Å². The first-order chi connectivity index (χ1) is 18.0. The van der Waals surface area contributed by atoms with Crippen molar-refractivity contribution < 1.29 is 8.78 Å². The number of nitrogens with zero attached hydrogens (tertiary/aromatic N) is 3. The van der Waals surface area contributed by atoms with Crippen LogP contribution in [0.3, 0.4) is 0 Å². The molecule has 3 aromatic carbocycles. The van der Waals surface area contributed by atoms with Crippen molar-refractivity contribution in [2.45, 2.75) is 38.1 Å². The van der Waals surface area contributed by atoms with Crippen LogP contribution in [0.15, 0.2) is 78.9 Å². The molecule has 0 radical (unpaired) electrons. The van der Waals surface area contributed by atoms with Crippen molar-refractivity contribution in [3.63, 3.8) is 0 Å². The summed E-state index contributed by atoms with van der Waals surface area (Å²) in [6.07, 6.45) is 2.97. The number of benzene rings is 3. The minimum absolute atomic E-state index is 0.105. The van der Waals surface area contributed by atoms with E-state index in [9.17, 15) is 8.78 Å². The van der Waals surface area contributed by atoms with Crippen LogP contribution in [0.25, 0.3) is 11.4 Å². The fraction of sp³-hybridized carbons (Fsp3) is 0.323. The number of nitrogens with one attached hydrogen (secondary N) is 1. The Morgan fingerprint density at radius 1 is 0.892 bits per heavy atom. The number of anilines is 1. The summed E-state index contributed by atoms with van der Waals surface area (Å²) in [5.74, 6) is 1.56. The molecule has 1 unspecified atom stereocenters. The highest BCUT2D eigenvalue weighted by Gasteiger charge is 2.27. The van der Waals surface area contributed by atoms with Gasteiger partial charge in [-0.05, 0) is 62.2 Å². The highest BCUT2D eigenvalue weighted by molar-refractivity contribution is 5.60. The molecule has 37 heavy (non-hydrogen) atoms. The monoisotopic (exact) mass is 500 g/mol. The predicted molar refractivity (Wildman–Crippen MR) is 146 cm³/mol. The maximum Gasteiger partial charge on any atom is 0.150 e. The molecule has 0 bridgehead atoms. The van der Waals surface area contributed by atoms with Gasteiger partial charge in [-0.2, -0.15) is 0 Å². The van der Waals surface area contributed by atoms with Crippen LogP contribution in [-0.4, -0.2) is 47.6 Å². The first-order valence-corrected chi connectivity index (χ1v) is 13.1. The molecule has 4 aromatic rings. The van der Waals surface area contributed by atoms with E-state index in [1.807, 2.05) is 42.5 Å². The lowest BCUT2D eigenvalue weighted by Gasteiger charge is -2.40. The third-order valence-electron chi connectivity index (χ3n) is 7.56. The number of hydrogen-bond donors (Lipinski definition) is 1. The molecule has 5 rings (SSSR count). The van der Waals surface area contributed by atoms with E-state index in [1.54, 1.807) is 0 Å².